The van der Waals surface area contributed by atoms with Gasteiger partial charge in [0.25, 0.3) is 0 Å². The van der Waals surface area contributed by atoms with Crippen LogP contribution >= 0.6 is 0 Å². The van der Waals surface area contributed by atoms with Crippen molar-refractivity contribution in [2.45, 2.75) is 93.1 Å². The van der Waals surface area contributed by atoms with Crippen molar-refractivity contribution in [3.8, 4) is 5.75 Å². The number of phenolic OH excluding ortho intramolecular Hbond substituents is 1. The number of rotatable bonds is 7. The summed E-state index contributed by atoms with van der Waals surface area (Å²) in [5, 5.41) is 46.7. The first kappa shape index (κ1) is 32.5. The first-order valence-corrected chi connectivity index (χ1v) is 15.0. The second-order valence-corrected chi connectivity index (χ2v) is 14.2. The molecule has 4 N–H and O–H groups in total. The molecule has 43 heavy (non-hydrogen) atoms. The van der Waals surface area contributed by atoms with E-state index in [-0.39, 0.29) is 60.3 Å². The quantitative estimate of drug-likeness (QED) is 0.245. The fraction of sp³-hybridized carbons (Fsp3) is 0.588. The summed E-state index contributed by atoms with van der Waals surface area (Å²) in [6.45, 7) is 15.9. The van der Waals surface area contributed by atoms with E-state index in [1.54, 1.807) is 33.8 Å². The maximum atomic E-state index is 14.4. The van der Waals surface area contributed by atoms with Crippen LogP contribution in [0.25, 0.3) is 0 Å². The molecule has 0 bridgehead atoms. The largest absolute Gasteiger partial charge is 0.511 e. The molecule has 0 radical (unpaired) electrons. The van der Waals surface area contributed by atoms with Crippen LogP contribution in [-0.2, 0) is 32.0 Å². The lowest BCUT2D eigenvalue weighted by atomic mass is 9.44. The lowest BCUT2D eigenvalue weighted by Gasteiger charge is -2.59. The normalized spacial score (nSPS) is 28.8. The first-order valence-electron chi connectivity index (χ1n) is 15.0. The molecule has 0 saturated heterocycles. The van der Waals surface area contributed by atoms with E-state index in [0.29, 0.717) is 5.56 Å². The molecule has 1 unspecified atom stereocenters. The van der Waals surface area contributed by atoms with Crippen LogP contribution in [0.2, 0.25) is 0 Å². The highest BCUT2D eigenvalue weighted by atomic mass is 16.5. The second kappa shape index (κ2) is 10.6. The van der Waals surface area contributed by atoms with Crippen molar-refractivity contribution in [1.82, 2.24) is 0 Å². The molecule has 234 valence electrons. The van der Waals surface area contributed by atoms with Gasteiger partial charge in [0.2, 0.25) is 5.78 Å². The fourth-order valence-corrected chi connectivity index (χ4v) is 8.00. The molecule has 0 amide bonds. The summed E-state index contributed by atoms with van der Waals surface area (Å²) in [7, 11) is 0. The number of ether oxygens (including phenoxy) is 1. The molecule has 0 spiro atoms. The predicted molar refractivity (Wildman–Crippen MR) is 159 cm³/mol. The van der Waals surface area contributed by atoms with E-state index in [2.05, 4.69) is 0 Å². The molecule has 0 heterocycles. The zero-order chi connectivity index (χ0) is 32.6. The van der Waals surface area contributed by atoms with Crippen LogP contribution in [0.3, 0.4) is 0 Å². The highest BCUT2D eigenvalue weighted by Crippen LogP contribution is 2.65. The monoisotopic (exact) mass is 596 g/mol. The van der Waals surface area contributed by atoms with Crippen molar-refractivity contribution in [1.29, 1.82) is 0 Å². The second-order valence-electron chi connectivity index (χ2n) is 14.2. The minimum Gasteiger partial charge on any atom is -0.511 e. The zero-order valence-electron chi connectivity index (χ0n) is 26.5. The van der Waals surface area contributed by atoms with E-state index in [1.807, 2.05) is 27.7 Å². The highest BCUT2D eigenvalue weighted by molar-refractivity contribution is 6.25. The van der Waals surface area contributed by atoms with Crippen LogP contribution in [0.1, 0.15) is 102 Å². The summed E-state index contributed by atoms with van der Waals surface area (Å²) in [6, 6.07) is 1.72. The number of benzene rings is 1. The number of phenols is 1. The van der Waals surface area contributed by atoms with Crippen molar-refractivity contribution >= 4 is 23.3 Å². The van der Waals surface area contributed by atoms with E-state index in [4.69, 9.17) is 4.74 Å². The van der Waals surface area contributed by atoms with Gasteiger partial charge in [0, 0.05) is 27.9 Å². The maximum absolute atomic E-state index is 14.4. The Hall–Kier alpha value is -3.46. The minimum atomic E-state index is -2.67. The molecule has 3 aliphatic carbocycles. The number of esters is 1. The van der Waals surface area contributed by atoms with Crippen molar-refractivity contribution in [2.24, 2.45) is 28.6 Å². The number of hydrogen-bond donors (Lipinski definition) is 4. The fourth-order valence-electron chi connectivity index (χ4n) is 8.00. The summed E-state index contributed by atoms with van der Waals surface area (Å²) in [5.41, 5.74) is -4.64. The van der Waals surface area contributed by atoms with Gasteiger partial charge in [-0.2, -0.15) is 0 Å². The number of Topliss-reactive ketones (excluding diaryl/α,β-unsaturated/α-hetero) is 3. The van der Waals surface area contributed by atoms with Gasteiger partial charge >= 0.3 is 5.97 Å². The Labute approximate surface area is 252 Å². The molecule has 1 aromatic carbocycles. The number of allylic oxidation sites excluding steroid dienone is 2. The zero-order valence-corrected chi connectivity index (χ0v) is 26.5. The Morgan fingerprint density at radius 3 is 2.16 bits per heavy atom. The molecular formula is C34H44O9. The number of aliphatic hydroxyl groups excluding tert-OH is 2. The lowest BCUT2D eigenvalue weighted by Crippen LogP contribution is -2.67. The molecule has 0 fully saturated rings. The molecule has 1 aromatic rings. The van der Waals surface area contributed by atoms with Gasteiger partial charge in [0.1, 0.15) is 22.8 Å². The summed E-state index contributed by atoms with van der Waals surface area (Å²) in [6.07, 6.45) is -0.0719. The number of aliphatic hydroxyl groups is 3. The van der Waals surface area contributed by atoms with Gasteiger partial charge in [0.15, 0.2) is 17.2 Å². The van der Waals surface area contributed by atoms with Crippen molar-refractivity contribution in [2.75, 3.05) is 6.61 Å². The van der Waals surface area contributed by atoms with E-state index in [1.165, 1.54) is 0 Å². The summed E-state index contributed by atoms with van der Waals surface area (Å²) in [5.74, 6) is -6.16. The SMILES string of the molecule is CC(=O)C1=C(O)C(C(C)C)[C@@]2(C)C[C@@]3(C)Cc4c(C(C)C)cc(CC(=O)OCC(C)C)c(O)c4C(=O)C3=C(O)[C@@]2(O)C1=O. The van der Waals surface area contributed by atoms with Crippen LogP contribution < -0.4 is 0 Å². The molecule has 9 nitrogen and oxygen atoms in total. The van der Waals surface area contributed by atoms with E-state index < -0.39 is 68.5 Å². The van der Waals surface area contributed by atoms with Gasteiger partial charge in [-0.1, -0.05) is 61.5 Å². The Morgan fingerprint density at radius 1 is 1.05 bits per heavy atom. The minimum absolute atomic E-state index is 0.0203. The van der Waals surface area contributed by atoms with Crippen LogP contribution in [0.5, 0.6) is 5.75 Å². The topological polar surface area (TPSA) is 158 Å². The van der Waals surface area contributed by atoms with Gasteiger partial charge in [-0.25, -0.2) is 0 Å². The van der Waals surface area contributed by atoms with Crippen molar-refractivity contribution in [3.05, 3.63) is 51.0 Å². The third-order valence-electron chi connectivity index (χ3n) is 9.65. The number of aromatic hydroxyl groups is 1. The van der Waals surface area contributed by atoms with Gasteiger partial charge in [-0.05, 0) is 48.6 Å². The van der Waals surface area contributed by atoms with Gasteiger partial charge in [-0.3, -0.25) is 19.2 Å². The van der Waals surface area contributed by atoms with Crippen LogP contribution in [0.4, 0.5) is 0 Å². The molecule has 0 aromatic heterocycles. The molecule has 0 aliphatic heterocycles. The van der Waals surface area contributed by atoms with Crippen LogP contribution in [-0.4, -0.2) is 56.0 Å². The summed E-state index contributed by atoms with van der Waals surface area (Å²) in [4.78, 5) is 53.4. The summed E-state index contributed by atoms with van der Waals surface area (Å²) >= 11 is 0. The van der Waals surface area contributed by atoms with E-state index in [9.17, 15) is 39.6 Å². The Bertz CT molecular complexity index is 1490. The number of fused-ring (bicyclic) bond motifs is 3. The number of carbonyl (C=O) groups excluding carboxylic acids is 4. The molecule has 4 atom stereocenters. The average Bonchev–Trinajstić information content (AvgIpc) is 2.85. The Morgan fingerprint density at radius 2 is 1.65 bits per heavy atom. The average molecular weight is 597 g/mol. The van der Waals surface area contributed by atoms with Crippen molar-refractivity contribution in [3.63, 3.8) is 0 Å². The molecule has 4 rings (SSSR count). The van der Waals surface area contributed by atoms with E-state index in [0.717, 1.165) is 12.5 Å². The van der Waals surface area contributed by atoms with Crippen molar-refractivity contribution < 1.29 is 44.3 Å². The number of carbonyl (C=O) groups is 4. The third-order valence-corrected chi connectivity index (χ3v) is 9.65. The third kappa shape index (κ3) is 4.62. The molecular weight excluding hydrogens is 552 g/mol. The molecule has 3 aliphatic rings. The van der Waals surface area contributed by atoms with Crippen LogP contribution in [0.15, 0.2) is 28.7 Å². The molecule has 9 heteroatoms. The number of hydrogen-bond acceptors (Lipinski definition) is 9. The van der Waals surface area contributed by atoms with Gasteiger partial charge in [-0.15, -0.1) is 0 Å². The lowest BCUT2D eigenvalue weighted by molar-refractivity contribution is -0.171. The van der Waals surface area contributed by atoms with Gasteiger partial charge < -0.3 is 25.2 Å². The standard InChI is InChI=1S/C34H44O9/c1-15(2)13-43-22(36)11-19-10-20(16(3)4)21-12-32(8)14-33(9)25(17(5)6)28(38)23(18(7)35)30(40)34(33,42)31(41)26(32)29(39)24(21)27(19)37/h10,15-17,25,37-38,41-42H,11-14H2,1-9H3/t25?,32-,33-,34+/m1/s1. The first-order chi connectivity index (χ1) is 19.7. The Kier molecular flexibility index (Phi) is 8.01. The molecule has 0 saturated carbocycles. The Balaban J connectivity index is 1.98. The predicted octanol–water partition coefficient (Wildman–Crippen LogP) is 5.21. The van der Waals surface area contributed by atoms with Crippen LogP contribution in [0, 0.1) is 28.6 Å². The smallest absolute Gasteiger partial charge is 0.310 e. The highest BCUT2D eigenvalue weighted by Gasteiger charge is 2.71. The van der Waals surface area contributed by atoms with Gasteiger partial charge in [0.05, 0.1) is 18.6 Å². The summed E-state index contributed by atoms with van der Waals surface area (Å²) < 4.78 is 5.31. The number of ketones is 3. The maximum Gasteiger partial charge on any atom is 0.310 e. The van der Waals surface area contributed by atoms with E-state index >= 15 is 0 Å².